The monoisotopic (exact) mass is 506 g/mol. The third-order valence-corrected chi connectivity index (χ3v) is 6.89. The minimum Gasteiger partial charge on any atom is -0.497 e. The van der Waals surface area contributed by atoms with Crippen LogP contribution in [0.15, 0.2) is 90.6 Å². The third-order valence-electron chi connectivity index (χ3n) is 6.22. The molecule has 0 unspecified atom stereocenters. The maximum absolute atomic E-state index is 14.1. The fourth-order valence-electron chi connectivity index (χ4n) is 4.56. The number of fused-ring (bicyclic) bond motifs is 1. The van der Waals surface area contributed by atoms with Gasteiger partial charge in [-0.2, -0.15) is 9.78 Å². The largest absolute Gasteiger partial charge is 0.497 e. The van der Waals surface area contributed by atoms with Crippen molar-refractivity contribution in [2.45, 2.75) is 6.42 Å². The van der Waals surface area contributed by atoms with Crippen molar-refractivity contribution in [3.63, 3.8) is 0 Å². The summed E-state index contributed by atoms with van der Waals surface area (Å²) in [6.07, 6.45) is 0.427. The second kappa shape index (κ2) is 9.36. The summed E-state index contributed by atoms with van der Waals surface area (Å²) in [6.45, 7) is 0. The van der Waals surface area contributed by atoms with Crippen molar-refractivity contribution in [3.05, 3.63) is 102 Å². The molecule has 0 atom stereocenters. The van der Waals surface area contributed by atoms with Crippen molar-refractivity contribution in [2.24, 2.45) is 0 Å². The number of anilines is 2. The van der Waals surface area contributed by atoms with Gasteiger partial charge in [0.15, 0.2) is 0 Å². The number of nitrogens with one attached hydrogen (secondary N) is 1. The van der Waals surface area contributed by atoms with Gasteiger partial charge in [-0.3, -0.25) is 4.79 Å². The van der Waals surface area contributed by atoms with Crippen LogP contribution in [0.25, 0.3) is 28.0 Å². The molecule has 1 aliphatic heterocycles. The van der Waals surface area contributed by atoms with Gasteiger partial charge >= 0.3 is 0 Å². The predicted molar refractivity (Wildman–Crippen MR) is 145 cm³/mol. The molecule has 3 heterocycles. The van der Waals surface area contributed by atoms with E-state index in [9.17, 15) is 4.79 Å². The van der Waals surface area contributed by atoms with Gasteiger partial charge < -0.3 is 15.8 Å². The summed E-state index contributed by atoms with van der Waals surface area (Å²) in [4.78, 5) is 14.1. The molecule has 1 aliphatic rings. The highest BCUT2D eigenvalue weighted by molar-refractivity contribution is 7.18. The summed E-state index contributed by atoms with van der Waals surface area (Å²) in [5.74, 6) is 0.474. The highest BCUT2D eigenvalue weighted by Gasteiger charge is 2.33. The van der Waals surface area contributed by atoms with Gasteiger partial charge in [-0.15, -0.1) is 10.2 Å². The van der Waals surface area contributed by atoms with Crippen LogP contribution in [0.1, 0.15) is 16.1 Å². The van der Waals surface area contributed by atoms with Crippen LogP contribution >= 0.6 is 11.3 Å². The molecule has 0 amide bonds. The quantitative estimate of drug-likeness (QED) is 0.318. The minimum atomic E-state index is -0.231. The van der Waals surface area contributed by atoms with Crippen LogP contribution in [-0.2, 0) is 6.42 Å². The van der Waals surface area contributed by atoms with Crippen LogP contribution in [0.4, 0.5) is 10.3 Å². The van der Waals surface area contributed by atoms with Crippen LogP contribution < -0.4 is 15.8 Å². The maximum Gasteiger partial charge on any atom is 0.280 e. The summed E-state index contributed by atoms with van der Waals surface area (Å²) in [7, 11) is 1.61. The van der Waals surface area contributed by atoms with Crippen molar-refractivity contribution < 1.29 is 9.53 Å². The molecule has 0 radical (unpaired) electrons. The Morgan fingerprint density at radius 1 is 0.892 bits per heavy atom. The first-order valence-corrected chi connectivity index (χ1v) is 12.4. The lowest BCUT2D eigenvalue weighted by Crippen LogP contribution is -2.26. The van der Waals surface area contributed by atoms with Gasteiger partial charge in [-0.1, -0.05) is 84.1 Å². The van der Waals surface area contributed by atoms with E-state index in [1.807, 2.05) is 84.9 Å². The molecule has 5 aromatic rings. The molecule has 3 N–H and O–H groups in total. The number of carbonyl (C=O) groups is 1. The SMILES string of the molecule is COc1ccc(C2=C(Nc3nnc(N)s3)Cc3c(-c4ccccc4)c(-c4ccccc4)nn3C2=O)cc1. The van der Waals surface area contributed by atoms with E-state index < -0.39 is 0 Å². The lowest BCUT2D eigenvalue weighted by Gasteiger charge is -2.22. The zero-order chi connectivity index (χ0) is 25.4. The van der Waals surface area contributed by atoms with Crippen LogP contribution in [0.3, 0.4) is 0 Å². The summed E-state index contributed by atoms with van der Waals surface area (Å²) in [5.41, 5.74) is 12.2. The molecule has 182 valence electrons. The number of hydrogen-bond acceptors (Lipinski definition) is 8. The van der Waals surface area contributed by atoms with Crippen molar-refractivity contribution in [1.29, 1.82) is 0 Å². The molecule has 3 aromatic carbocycles. The molecule has 0 saturated heterocycles. The van der Waals surface area contributed by atoms with E-state index in [0.29, 0.717) is 33.7 Å². The number of nitrogens with two attached hydrogens (primary N) is 1. The van der Waals surface area contributed by atoms with Gasteiger partial charge in [0, 0.05) is 23.2 Å². The zero-order valence-electron chi connectivity index (χ0n) is 19.9. The first kappa shape index (κ1) is 22.7. The Morgan fingerprint density at radius 2 is 1.57 bits per heavy atom. The number of nitrogen functional groups attached to an aromatic ring is 1. The number of carbonyl (C=O) groups excluding carboxylic acids is 1. The van der Waals surface area contributed by atoms with Gasteiger partial charge in [-0.25, -0.2) is 0 Å². The number of rotatable bonds is 6. The van der Waals surface area contributed by atoms with Crippen LogP contribution in [0.2, 0.25) is 0 Å². The molecule has 0 aliphatic carbocycles. The number of allylic oxidation sites excluding steroid dienone is 2. The van der Waals surface area contributed by atoms with Gasteiger partial charge in [0.05, 0.1) is 18.4 Å². The molecule has 0 bridgehead atoms. The van der Waals surface area contributed by atoms with E-state index in [-0.39, 0.29) is 5.91 Å². The van der Waals surface area contributed by atoms with Gasteiger partial charge in [0.2, 0.25) is 10.3 Å². The number of nitrogens with zero attached hydrogens (tertiary/aromatic N) is 4. The summed E-state index contributed by atoms with van der Waals surface area (Å²) in [5, 5.41) is 17.1. The van der Waals surface area contributed by atoms with Gasteiger partial charge in [0.25, 0.3) is 5.91 Å². The molecular weight excluding hydrogens is 484 g/mol. The van der Waals surface area contributed by atoms with Crippen molar-refractivity contribution in [1.82, 2.24) is 20.0 Å². The molecule has 9 heteroatoms. The highest BCUT2D eigenvalue weighted by Crippen LogP contribution is 2.40. The standard InChI is InChI=1S/C28H22N6O2S/c1-36-20-14-12-18(13-15-20)23-21(30-28-32-31-27(29)37-28)16-22-24(17-8-4-2-5-9-17)25(33-34(22)26(23)35)19-10-6-3-7-11-19/h2-15H,16H2,1H3,(H2,29,31)(H,30,32). The van der Waals surface area contributed by atoms with E-state index in [0.717, 1.165) is 33.6 Å². The Labute approximate surface area is 217 Å². The highest BCUT2D eigenvalue weighted by atomic mass is 32.1. The molecule has 0 spiro atoms. The van der Waals surface area contributed by atoms with Gasteiger partial charge in [-0.05, 0) is 23.3 Å². The van der Waals surface area contributed by atoms with E-state index in [1.165, 1.54) is 16.0 Å². The number of hydrogen-bond donors (Lipinski definition) is 2. The molecule has 0 fully saturated rings. The van der Waals surface area contributed by atoms with Crippen LogP contribution in [-0.4, -0.2) is 33.0 Å². The number of ether oxygens (including phenoxy) is 1. The lowest BCUT2D eigenvalue weighted by atomic mass is 9.92. The normalized spacial score (nSPS) is 12.9. The molecule has 8 nitrogen and oxygen atoms in total. The molecule has 2 aromatic heterocycles. The average molecular weight is 507 g/mol. The fourth-order valence-corrected chi connectivity index (χ4v) is 5.09. The van der Waals surface area contributed by atoms with E-state index in [4.69, 9.17) is 15.6 Å². The fraction of sp³-hybridized carbons (Fsp3) is 0.0714. The summed E-state index contributed by atoms with van der Waals surface area (Å²) in [6, 6.07) is 27.3. The molecule has 6 rings (SSSR count). The van der Waals surface area contributed by atoms with Gasteiger partial charge in [0.1, 0.15) is 11.4 Å². The molecular formula is C28H22N6O2S. The van der Waals surface area contributed by atoms with Crippen LogP contribution in [0, 0.1) is 0 Å². The molecule has 37 heavy (non-hydrogen) atoms. The maximum atomic E-state index is 14.1. The Hall–Kier alpha value is -4.76. The van der Waals surface area contributed by atoms with Crippen molar-refractivity contribution in [2.75, 3.05) is 18.2 Å². The van der Waals surface area contributed by atoms with E-state index in [2.05, 4.69) is 15.5 Å². The van der Waals surface area contributed by atoms with Crippen molar-refractivity contribution in [3.8, 4) is 28.1 Å². The number of aromatic nitrogens is 4. The Bertz CT molecular complexity index is 1620. The lowest BCUT2D eigenvalue weighted by molar-refractivity contribution is 0.0958. The van der Waals surface area contributed by atoms with Crippen molar-refractivity contribution >= 4 is 33.1 Å². The zero-order valence-corrected chi connectivity index (χ0v) is 20.7. The first-order valence-electron chi connectivity index (χ1n) is 11.6. The second-order valence-corrected chi connectivity index (χ2v) is 9.46. The second-order valence-electron chi connectivity index (χ2n) is 8.45. The average Bonchev–Trinajstić information content (AvgIpc) is 3.53. The van der Waals surface area contributed by atoms with Crippen LogP contribution in [0.5, 0.6) is 5.75 Å². The Morgan fingerprint density at radius 3 is 2.19 bits per heavy atom. The Balaban J connectivity index is 1.55. The summed E-state index contributed by atoms with van der Waals surface area (Å²) >= 11 is 1.23. The number of benzene rings is 3. The topological polar surface area (TPSA) is 108 Å². The predicted octanol–water partition coefficient (Wildman–Crippen LogP) is 5.38. The number of methoxy groups -OCH3 is 1. The Kier molecular flexibility index (Phi) is 5.74. The summed E-state index contributed by atoms with van der Waals surface area (Å²) < 4.78 is 6.85. The smallest absolute Gasteiger partial charge is 0.280 e. The third kappa shape index (κ3) is 4.15. The van der Waals surface area contributed by atoms with E-state index in [1.54, 1.807) is 7.11 Å². The first-order chi connectivity index (χ1) is 18.1. The molecule has 0 saturated carbocycles. The minimum absolute atomic E-state index is 0.231. The van der Waals surface area contributed by atoms with E-state index >= 15 is 0 Å².